The lowest BCUT2D eigenvalue weighted by Gasteiger charge is -2.33. The van der Waals surface area contributed by atoms with E-state index in [4.69, 9.17) is 0 Å². The van der Waals surface area contributed by atoms with Gasteiger partial charge in [0.15, 0.2) is 5.78 Å². The first-order chi connectivity index (χ1) is 14.9. The summed E-state index contributed by atoms with van der Waals surface area (Å²) in [6, 6.07) is 13.7. The van der Waals surface area contributed by atoms with Crippen molar-refractivity contribution >= 4 is 23.3 Å². The minimum atomic E-state index is -0.569. The summed E-state index contributed by atoms with van der Waals surface area (Å²) in [7, 11) is 0. The SMILES string of the molecule is CCc1ccc(NC(=O)CC2CC3=C(CC(c4ccc(F)cc4)CC3=O)NC2=O)cc1. The molecule has 0 saturated heterocycles. The van der Waals surface area contributed by atoms with E-state index < -0.39 is 5.92 Å². The van der Waals surface area contributed by atoms with E-state index in [1.54, 1.807) is 12.1 Å². The maximum absolute atomic E-state index is 13.2. The van der Waals surface area contributed by atoms with Crippen molar-refractivity contribution in [2.45, 2.75) is 44.9 Å². The summed E-state index contributed by atoms with van der Waals surface area (Å²) in [5.41, 5.74) is 4.00. The summed E-state index contributed by atoms with van der Waals surface area (Å²) >= 11 is 0. The summed E-state index contributed by atoms with van der Waals surface area (Å²) < 4.78 is 13.2. The van der Waals surface area contributed by atoms with Crippen LogP contribution in [0.2, 0.25) is 0 Å². The molecule has 2 aromatic carbocycles. The fourth-order valence-corrected chi connectivity index (χ4v) is 4.31. The Bertz CT molecular complexity index is 1040. The molecule has 2 aromatic rings. The molecule has 2 unspecified atom stereocenters. The van der Waals surface area contributed by atoms with E-state index in [9.17, 15) is 18.8 Å². The molecule has 1 heterocycles. The number of ketones is 1. The number of hydrogen-bond donors (Lipinski definition) is 2. The molecule has 5 nitrogen and oxygen atoms in total. The molecule has 1 aliphatic heterocycles. The quantitative estimate of drug-likeness (QED) is 0.759. The molecule has 0 aromatic heterocycles. The zero-order valence-electron chi connectivity index (χ0n) is 17.4. The number of benzene rings is 2. The molecule has 2 aliphatic rings. The lowest BCUT2D eigenvalue weighted by Crippen LogP contribution is -2.41. The first kappa shape index (κ1) is 21.0. The second-order valence-electron chi connectivity index (χ2n) is 8.23. The number of aryl methyl sites for hydroxylation is 1. The Morgan fingerprint density at radius 1 is 1.03 bits per heavy atom. The number of anilines is 1. The van der Waals surface area contributed by atoms with Gasteiger partial charge in [0.2, 0.25) is 11.8 Å². The van der Waals surface area contributed by atoms with Gasteiger partial charge >= 0.3 is 0 Å². The summed E-state index contributed by atoms with van der Waals surface area (Å²) in [5, 5.41) is 5.69. The van der Waals surface area contributed by atoms with Gasteiger partial charge in [-0.05, 0) is 60.6 Å². The van der Waals surface area contributed by atoms with Gasteiger partial charge in [-0.2, -0.15) is 0 Å². The molecule has 0 spiro atoms. The number of carbonyl (C=O) groups is 3. The van der Waals surface area contributed by atoms with Gasteiger partial charge in [0.05, 0.1) is 5.92 Å². The molecular weight excluding hydrogens is 395 g/mol. The number of allylic oxidation sites excluding steroid dienone is 2. The molecule has 31 heavy (non-hydrogen) atoms. The van der Waals surface area contributed by atoms with Crippen LogP contribution < -0.4 is 10.6 Å². The first-order valence-electron chi connectivity index (χ1n) is 10.6. The monoisotopic (exact) mass is 420 g/mol. The molecule has 6 heteroatoms. The van der Waals surface area contributed by atoms with Crippen molar-refractivity contribution < 1.29 is 18.8 Å². The molecule has 160 valence electrons. The molecule has 4 rings (SSSR count). The average Bonchev–Trinajstić information content (AvgIpc) is 2.75. The molecule has 1 aliphatic carbocycles. The topological polar surface area (TPSA) is 75.3 Å². The van der Waals surface area contributed by atoms with E-state index in [2.05, 4.69) is 17.6 Å². The van der Waals surface area contributed by atoms with E-state index in [0.29, 0.717) is 29.8 Å². The van der Waals surface area contributed by atoms with E-state index in [-0.39, 0.29) is 42.2 Å². The number of halogens is 1. The van der Waals surface area contributed by atoms with Crippen molar-refractivity contribution in [3.8, 4) is 0 Å². The highest BCUT2D eigenvalue weighted by Crippen LogP contribution is 2.38. The first-order valence-corrected chi connectivity index (χ1v) is 10.6. The molecule has 0 fully saturated rings. The average molecular weight is 420 g/mol. The highest BCUT2D eigenvalue weighted by Gasteiger charge is 2.37. The molecule has 0 radical (unpaired) electrons. The van der Waals surface area contributed by atoms with Crippen LogP contribution in [0.15, 0.2) is 59.8 Å². The normalized spacial score (nSPS) is 20.8. The van der Waals surface area contributed by atoms with Crippen molar-refractivity contribution in [2.24, 2.45) is 5.92 Å². The highest BCUT2D eigenvalue weighted by atomic mass is 19.1. The van der Waals surface area contributed by atoms with Gasteiger partial charge in [-0.1, -0.05) is 31.2 Å². The number of nitrogens with one attached hydrogen (secondary N) is 2. The van der Waals surface area contributed by atoms with Crippen molar-refractivity contribution in [2.75, 3.05) is 5.32 Å². The number of rotatable bonds is 5. The third-order valence-electron chi connectivity index (χ3n) is 6.10. The molecule has 2 N–H and O–H groups in total. The van der Waals surface area contributed by atoms with Gasteiger partial charge in [0, 0.05) is 29.8 Å². The third-order valence-corrected chi connectivity index (χ3v) is 6.10. The van der Waals surface area contributed by atoms with Crippen molar-refractivity contribution in [1.82, 2.24) is 5.32 Å². The predicted octanol–water partition coefficient (Wildman–Crippen LogP) is 4.25. The maximum atomic E-state index is 13.2. The zero-order chi connectivity index (χ0) is 22.0. The van der Waals surface area contributed by atoms with Crippen LogP contribution in [0, 0.1) is 11.7 Å². The Morgan fingerprint density at radius 3 is 2.42 bits per heavy atom. The lowest BCUT2D eigenvalue weighted by molar-refractivity contribution is -0.129. The van der Waals surface area contributed by atoms with Crippen LogP contribution in [0.5, 0.6) is 0 Å². The minimum absolute atomic E-state index is 0.0175. The second kappa shape index (κ2) is 8.84. The number of amides is 2. The van der Waals surface area contributed by atoms with Crippen LogP contribution in [0.25, 0.3) is 0 Å². The molecule has 2 atom stereocenters. The van der Waals surface area contributed by atoms with E-state index in [1.807, 2.05) is 24.3 Å². The smallest absolute Gasteiger partial charge is 0.228 e. The molecule has 0 bridgehead atoms. The Labute approximate surface area is 180 Å². The molecule has 2 amide bonds. The summed E-state index contributed by atoms with van der Waals surface area (Å²) in [6.45, 7) is 2.06. The summed E-state index contributed by atoms with van der Waals surface area (Å²) in [6.07, 6.45) is 2.07. The number of Topliss-reactive ketones (excluding diaryl/α,β-unsaturated/α-hetero) is 1. The summed E-state index contributed by atoms with van der Waals surface area (Å²) in [5.74, 6) is -1.47. The van der Waals surface area contributed by atoms with Crippen LogP contribution in [0.4, 0.5) is 10.1 Å². The fourth-order valence-electron chi connectivity index (χ4n) is 4.31. The van der Waals surface area contributed by atoms with Gasteiger partial charge in [0.1, 0.15) is 5.82 Å². The van der Waals surface area contributed by atoms with Gasteiger partial charge in [-0.25, -0.2) is 4.39 Å². The number of hydrogen-bond acceptors (Lipinski definition) is 3. The molecular formula is C25H25FN2O3. The second-order valence-corrected chi connectivity index (χ2v) is 8.23. The van der Waals surface area contributed by atoms with Crippen LogP contribution >= 0.6 is 0 Å². The largest absolute Gasteiger partial charge is 0.329 e. The third kappa shape index (κ3) is 4.74. The maximum Gasteiger partial charge on any atom is 0.228 e. The van der Waals surface area contributed by atoms with Gasteiger partial charge in [0.25, 0.3) is 0 Å². The van der Waals surface area contributed by atoms with Crippen molar-refractivity contribution in [3.63, 3.8) is 0 Å². The van der Waals surface area contributed by atoms with E-state index in [0.717, 1.165) is 12.0 Å². The van der Waals surface area contributed by atoms with Gasteiger partial charge in [-0.15, -0.1) is 0 Å². The molecule has 0 saturated carbocycles. The lowest BCUT2D eigenvalue weighted by atomic mass is 9.77. The van der Waals surface area contributed by atoms with Crippen LogP contribution in [-0.4, -0.2) is 17.6 Å². The van der Waals surface area contributed by atoms with E-state index in [1.165, 1.54) is 17.7 Å². The standard InChI is InChI=1S/C25H25FN2O3/c1-2-15-3-9-20(10-4-15)27-24(30)14-18-11-21-22(28-25(18)31)12-17(13-23(21)29)16-5-7-19(26)8-6-16/h3-10,17-18H,2,11-14H2,1H3,(H,27,30)(H,28,31). The predicted molar refractivity (Wildman–Crippen MR) is 116 cm³/mol. The van der Waals surface area contributed by atoms with Crippen molar-refractivity contribution in [1.29, 1.82) is 0 Å². The van der Waals surface area contributed by atoms with Crippen molar-refractivity contribution in [3.05, 3.63) is 76.7 Å². The Hall–Kier alpha value is -3.28. The van der Waals surface area contributed by atoms with Gasteiger partial charge in [-0.3, -0.25) is 14.4 Å². The number of carbonyl (C=O) groups excluding carboxylic acids is 3. The van der Waals surface area contributed by atoms with E-state index >= 15 is 0 Å². The minimum Gasteiger partial charge on any atom is -0.329 e. The van der Waals surface area contributed by atoms with Crippen LogP contribution in [0.3, 0.4) is 0 Å². The summed E-state index contributed by atoms with van der Waals surface area (Å²) in [4.78, 5) is 37.9. The van der Waals surface area contributed by atoms with Crippen LogP contribution in [-0.2, 0) is 20.8 Å². The van der Waals surface area contributed by atoms with Gasteiger partial charge < -0.3 is 10.6 Å². The Balaban J connectivity index is 1.41. The highest BCUT2D eigenvalue weighted by molar-refractivity contribution is 6.02. The fraction of sp³-hybridized carbons (Fsp3) is 0.320. The Morgan fingerprint density at radius 2 is 1.74 bits per heavy atom. The van der Waals surface area contributed by atoms with Crippen LogP contribution in [0.1, 0.15) is 49.7 Å². The Kier molecular flexibility index (Phi) is 5.98. The zero-order valence-corrected chi connectivity index (χ0v) is 17.4.